The molecule has 1 amide bonds. The van der Waals surface area contributed by atoms with E-state index in [0.29, 0.717) is 25.8 Å². The van der Waals surface area contributed by atoms with Crippen molar-refractivity contribution in [3.8, 4) is 0 Å². The fourth-order valence-corrected chi connectivity index (χ4v) is 2.83. The Balaban J connectivity index is 0.000000617. The molecule has 3 heterocycles. The van der Waals surface area contributed by atoms with Crippen LogP contribution < -0.4 is 23.5 Å². The van der Waals surface area contributed by atoms with Crippen LogP contribution in [0.2, 0.25) is 0 Å². The zero-order valence-electron chi connectivity index (χ0n) is 25.2. The molecule has 3 aromatic rings. The van der Waals surface area contributed by atoms with E-state index in [1.165, 1.54) is 38.9 Å². The Morgan fingerprint density at radius 3 is 1.48 bits per heavy atom. The molecule has 0 fully saturated rings. The van der Waals surface area contributed by atoms with Crippen LogP contribution in [0.5, 0.6) is 0 Å². The van der Waals surface area contributed by atoms with Gasteiger partial charge in [-0.05, 0) is 48.0 Å². The van der Waals surface area contributed by atoms with E-state index in [1.54, 1.807) is 31.0 Å². The van der Waals surface area contributed by atoms with Crippen LogP contribution in [0.1, 0.15) is 67.2 Å². The standard InChI is InChI=1S/C12H19N3O3.C8H17NO2.C7H6N4O.ClH/c1-12(2,3)18-10(16)5-4-6-14-11(17)15-8-7-13-9-15;1-8(2,3)11-7(10)5-4-6-9;12-7(10-3-1-8-5-10)11-4-2-9-6-11;/h7-9H,4-6H2,1-3H3,(H,14,17);4-6,9H2,1-3H3;1-6H;1H. The molecule has 0 unspecified atom stereocenters. The van der Waals surface area contributed by atoms with Gasteiger partial charge in [-0.3, -0.25) is 23.3 Å². The number of quaternary nitrogens is 1. The number of carbonyl (C=O) groups excluding carboxylic acids is 4. The molecule has 234 valence electrons. The van der Waals surface area contributed by atoms with Crippen LogP contribution in [-0.2, 0) is 19.1 Å². The van der Waals surface area contributed by atoms with Crippen LogP contribution in [0.25, 0.3) is 0 Å². The Morgan fingerprint density at radius 2 is 1.12 bits per heavy atom. The molecular weight excluding hydrogens is 568 g/mol. The first-order valence-electron chi connectivity index (χ1n) is 13.2. The van der Waals surface area contributed by atoms with Gasteiger partial charge in [-0.15, -0.1) is 0 Å². The zero-order chi connectivity index (χ0) is 30.9. The third kappa shape index (κ3) is 17.6. The second kappa shape index (κ2) is 19.1. The van der Waals surface area contributed by atoms with E-state index in [-0.39, 0.29) is 42.0 Å². The molecule has 0 aliphatic heterocycles. The topological polar surface area (TPSA) is 180 Å². The molecule has 15 heteroatoms. The summed E-state index contributed by atoms with van der Waals surface area (Å²) in [6, 6.07) is -0.443. The molecule has 0 bridgehead atoms. The second-order valence-corrected chi connectivity index (χ2v) is 10.7. The molecule has 0 aromatic carbocycles. The highest BCUT2D eigenvalue weighted by molar-refractivity contribution is 5.78. The molecule has 0 aliphatic carbocycles. The van der Waals surface area contributed by atoms with Crippen molar-refractivity contribution in [2.45, 2.75) is 78.4 Å². The maximum Gasteiger partial charge on any atom is 0.338 e. The van der Waals surface area contributed by atoms with Crippen molar-refractivity contribution in [3.63, 3.8) is 0 Å². The van der Waals surface area contributed by atoms with Gasteiger partial charge >= 0.3 is 24.0 Å². The Kier molecular flexibility index (Phi) is 17.3. The van der Waals surface area contributed by atoms with Crippen LogP contribution in [0, 0.1) is 0 Å². The average Bonchev–Trinajstić information content (AvgIpc) is 3.67. The summed E-state index contributed by atoms with van der Waals surface area (Å²) >= 11 is 0. The van der Waals surface area contributed by atoms with Crippen LogP contribution in [0.3, 0.4) is 0 Å². The maximum absolute atomic E-state index is 11.5. The third-order valence-electron chi connectivity index (χ3n) is 4.49. The number of nitrogens with zero attached hydrogens (tertiary/aromatic N) is 6. The van der Waals surface area contributed by atoms with E-state index < -0.39 is 5.60 Å². The van der Waals surface area contributed by atoms with E-state index in [9.17, 15) is 19.2 Å². The molecule has 3 rings (SSSR count). The monoisotopic (exact) mass is 610 g/mol. The van der Waals surface area contributed by atoms with E-state index in [4.69, 9.17) is 9.47 Å². The highest BCUT2D eigenvalue weighted by Gasteiger charge is 2.16. The molecule has 42 heavy (non-hydrogen) atoms. The summed E-state index contributed by atoms with van der Waals surface area (Å²) in [5.41, 5.74) is 2.84. The summed E-state index contributed by atoms with van der Waals surface area (Å²) < 4.78 is 14.3. The van der Waals surface area contributed by atoms with Crippen molar-refractivity contribution in [3.05, 3.63) is 56.2 Å². The van der Waals surface area contributed by atoms with Crippen LogP contribution in [0.4, 0.5) is 9.59 Å². The largest absolute Gasteiger partial charge is 1.00 e. The smallest absolute Gasteiger partial charge is 0.338 e. The first-order valence-corrected chi connectivity index (χ1v) is 13.2. The molecule has 4 N–H and O–H groups in total. The summed E-state index contributed by atoms with van der Waals surface area (Å²) in [6.45, 7) is 12.3. The van der Waals surface area contributed by atoms with E-state index in [2.05, 4.69) is 26.0 Å². The molecular formula is C27H43ClN8O6. The Labute approximate surface area is 252 Å². The van der Waals surface area contributed by atoms with Gasteiger partial charge in [0.25, 0.3) is 0 Å². The van der Waals surface area contributed by atoms with Crippen molar-refractivity contribution in [1.29, 1.82) is 0 Å². The van der Waals surface area contributed by atoms with Gasteiger partial charge in [-0.25, -0.2) is 24.5 Å². The van der Waals surface area contributed by atoms with E-state index in [1.807, 2.05) is 41.5 Å². The van der Waals surface area contributed by atoms with Gasteiger partial charge in [0.15, 0.2) is 0 Å². The molecule has 0 saturated heterocycles. The number of imidazole rings is 3. The number of aromatic nitrogens is 6. The van der Waals surface area contributed by atoms with E-state index in [0.717, 1.165) is 13.0 Å². The molecule has 14 nitrogen and oxygen atoms in total. The van der Waals surface area contributed by atoms with Crippen molar-refractivity contribution in [2.24, 2.45) is 0 Å². The minimum atomic E-state index is -0.461. The number of hydrogen-bond acceptors (Lipinski definition) is 9. The van der Waals surface area contributed by atoms with Crippen molar-refractivity contribution < 1.29 is 46.8 Å². The predicted molar refractivity (Wildman–Crippen MR) is 150 cm³/mol. The molecule has 0 atom stereocenters. The lowest BCUT2D eigenvalue weighted by molar-refractivity contribution is -0.368. The average molecular weight is 611 g/mol. The molecule has 0 spiro atoms. The lowest BCUT2D eigenvalue weighted by Gasteiger charge is -2.19. The quantitative estimate of drug-likeness (QED) is 0.264. The molecule has 0 radical (unpaired) electrons. The van der Waals surface area contributed by atoms with Gasteiger partial charge in [0.05, 0.1) is 13.0 Å². The summed E-state index contributed by atoms with van der Waals surface area (Å²) in [5, 5.41) is 2.68. The van der Waals surface area contributed by atoms with Gasteiger partial charge < -0.3 is 32.9 Å². The lowest BCUT2D eigenvalue weighted by Crippen LogP contribution is -3.00. The number of halogens is 1. The summed E-state index contributed by atoms with van der Waals surface area (Å²) in [6.07, 6.45) is 15.8. The summed E-state index contributed by atoms with van der Waals surface area (Å²) in [5.74, 6) is -0.375. The van der Waals surface area contributed by atoms with Gasteiger partial charge in [0, 0.05) is 56.6 Å². The van der Waals surface area contributed by atoms with Crippen molar-refractivity contribution >= 4 is 24.0 Å². The number of carbonyl (C=O) groups is 4. The molecule has 0 saturated carbocycles. The summed E-state index contributed by atoms with van der Waals surface area (Å²) in [4.78, 5) is 56.5. The highest BCUT2D eigenvalue weighted by Crippen LogP contribution is 2.09. The van der Waals surface area contributed by atoms with Crippen LogP contribution in [0.15, 0.2) is 56.2 Å². The van der Waals surface area contributed by atoms with Crippen molar-refractivity contribution in [1.82, 2.24) is 34.0 Å². The first-order chi connectivity index (χ1) is 19.2. The fraction of sp³-hybridized carbons (Fsp3) is 0.519. The van der Waals surface area contributed by atoms with E-state index >= 15 is 0 Å². The normalized spacial score (nSPS) is 10.5. The van der Waals surface area contributed by atoms with Crippen molar-refractivity contribution in [2.75, 3.05) is 13.1 Å². The highest BCUT2D eigenvalue weighted by atomic mass is 35.5. The number of amides is 1. The Hall–Kier alpha value is -4.04. The van der Waals surface area contributed by atoms with Gasteiger partial charge in [0.2, 0.25) is 0 Å². The van der Waals surface area contributed by atoms with Gasteiger partial charge in [-0.2, -0.15) is 0 Å². The van der Waals surface area contributed by atoms with Gasteiger partial charge in [0.1, 0.15) is 30.2 Å². The minimum absolute atomic E-state index is 0. The summed E-state index contributed by atoms with van der Waals surface area (Å²) in [7, 11) is 0. The number of hydrogen-bond donors (Lipinski definition) is 2. The number of ether oxygens (including phenoxy) is 2. The second-order valence-electron chi connectivity index (χ2n) is 10.7. The molecule has 3 aromatic heterocycles. The predicted octanol–water partition coefficient (Wildman–Crippen LogP) is -0.487. The SMILES string of the molecule is CC(C)(C)OC(=O)CCCNC(=O)n1ccnc1.CC(C)(C)OC(=O)CCC[NH3+].O=C(n1ccnc1)n1ccnc1.[Cl-]. The molecule has 0 aliphatic rings. The van der Waals surface area contributed by atoms with Crippen LogP contribution >= 0.6 is 0 Å². The maximum atomic E-state index is 11.5. The zero-order valence-corrected chi connectivity index (χ0v) is 25.9. The number of nitrogens with one attached hydrogen (secondary N) is 1. The minimum Gasteiger partial charge on any atom is -1.00 e. The fourth-order valence-electron chi connectivity index (χ4n) is 2.83. The third-order valence-corrected chi connectivity index (χ3v) is 4.49. The number of rotatable bonds is 7. The lowest BCUT2D eigenvalue weighted by atomic mass is 10.2. The van der Waals surface area contributed by atoms with Crippen LogP contribution in [-0.4, -0.2) is 76.9 Å². The Morgan fingerprint density at radius 1 is 0.714 bits per heavy atom. The first kappa shape index (κ1) is 38.0. The van der Waals surface area contributed by atoms with Gasteiger partial charge in [-0.1, -0.05) is 0 Å². The number of esters is 2. The Bertz CT molecular complexity index is 1130.